The first-order valence-corrected chi connectivity index (χ1v) is 13.6. The molecule has 1 atom stereocenters. The Morgan fingerprint density at radius 3 is 2.00 bits per heavy atom. The van der Waals surface area contributed by atoms with Crippen molar-refractivity contribution in [2.75, 3.05) is 20.6 Å². The minimum atomic E-state index is -3.99. The Hall–Kier alpha value is -3.58. The molecular weight excluding hydrogens is 497 g/mol. The maximum atomic E-state index is 13.3. The van der Waals surface area contributed by atoms with Crippen LogP contribution in [0.4, 0.5) is 21.7 Å². The van der Waals surface area contributed by atoms with Crippen molar-refractivity contribution in [3.8, 4) is 0 Å². The van der Waals surface area contributed by atoms with Crippen molar-refractivity contribution in [1.29, 1.82) is 0 Å². The van der Waals surface area contributed by atoms with Gasteiger partial charge < -0.3 is 5.32 Å². The second-order valence-electron chi connectivity index (χ2n) is 7.80. The number of benzene rings is 2. The molecule has 2 N–H and O–H groups in total. The second-order valence-corrected chi connectivity index (χ2v) is 11.3. The highest BCUT2D eigenvalue weighted by atomic mass is 32.2. The lowest BCUT2D eigenvalue weighted by Crippen LogP contribution is -2.45. The zero-order valence-corrected chi connectivity index (χ0v) is 21.0. The molecule has 186 valence electrons. The van der Waals surface area contributed by atoms with Crippen LogP contribution in [0.5, 0.6) is 0 Å². The van der Waals surface area contributed by atoms with E-state index in [0.29, 0.717) is 11.4 Å². The van der Waals surface area contributed by atoms with Crippen LogP contribution in [0.25, 0.3) is 0 Å². The Bertz CT molecular complexity index is 1420. The van der Waals surface area contributed by atoms with Crippen LogP contribution in [0.1, 0.15) is 18.3 Å². The summed E-state index contributed by atoms with van der Waals surface area (Å²) in [6.07, 6.45) is 0.937. The highest BCUT2D eigenvalue weighted by molar-refractivity contribution is 7.92. The molecule has 0 saturated carbocycles. The fourth-order valence-electron chi connectivity index (χ4n) is 3.31. The van der Waals surface area contributed by atoms with Gasteiger partial charge in [-0.3, -0.25) is 9.10 Å². The van der Waals surface area contributed by atoms with E-state index in [1.54, 1.807) is 19.9 Å². The number of hydrogen-bond donors (Lipinski definition) is 2. The number of nitrogens with one attached hydrogen (secondary N) is 2. The van der Waals surface area contributed by atoms with Crippen molar-refractivity contribution >= 4 is 43.3 Å². The van der Waals surface area contributed by atoms with Gasteiger partial charge in [0, 0.05) is 17.1 Å². The molecule has 1 amide bonds. The molecule has 0 bridgehead atoms. The smallest absolute Gasteiger partial charge is 0.264 e. The van der Waals surface area contributed by atoms with Gasteiger partial charge in [-0.1, -0.05) is 0 Å². The SMILES string of the molecule is Cc1cc(C)nc(NS(=O)(=O)c2ccc(NC(=O)[C@H](C)N(c3ccc(F)cc3)S(C)(=O)=O)cc2)n1. The topological polar surface area (TPSA) is 138 Å². The molecule has 0 aliphatic rings. The van der Waals surface area contributed by atoms with Gasteiger partial charge in [-0.15, -0.1) is 0 Å². The van der Waals surface area contributed by atoms with E-state index in [1.807, 2.05) is 0 Å². The van der Waals surface area contributed by atoms with Gasteiger partial charge in [0.25, 0.3) is 10.0 Å². The van der Waals surface area contributed by atoms with Gasteiger partial charge in [-0.05, 0) is 75.4 Å². The molecule has 3 rings (SSSR count). The maximum absolute atomic E-state index is 13.3. The fourth-order valence-corrected chi connectivity index (χ4v) is 5.43. The lowest BCUT2D eigenvalue weighted by molar-refractivity contribution is -0.116. The summed E-state index contributed by atoms with van der Waals surface area (Å²) in [6, 6.07) is 10.5. The first-order valence-electron chi connectivity index (χ1n) is 10.3. The molecule has 1 heterocycles. The third-order valence-electron chi connectivity index (χ3n) is 4.81. The largest absolute Gasteiger partial charge is 0.324 e. The molecule has 3 aromatic rings. The molecule has 0 fully saturated rings. The third-order valence-corrected chi connectivity index (χ3v) is 7.40. The maximum Gasteiger partial charge on any atom is 0.264 e. The van der Waals surface area contributed by atoms with E-state index in [-0.39, 0.29) is 22.2 Å². The highest BCUT2D eigenvalue weighted by Gasteiger charge is 2.29. The summed E-state index contributed by atoms with van der Waals surface area (Å²) < 4.78 is 66.4. The molecule has 1 aromatic heterocycles. The minimum absolute atomic E-state index is 0.0598. The van der Waals surface area contributed by atoms with Crippen molar-refractivity contribution in [2.24, 2.45) is 0 Å². The monoisotopic (exact) mass is 521 g/mol. The number of carbonyl (C=O) groups is 1. The van der Waals surface area contributed by atoms with Crippen LogP contribution in [-0.4, -0.2) is 45.0 Å². The van der Waals surface area contributed by atoms with Gasteiger partial charge in [0.2, 0.25) is 21.9 Å². The molecule has 0 aliphatic heterocycles. The van der Waals surface area contributed by atoms with E-state index in [4.69, 9.17) is 0 Å². The molecule has 2 aromatic carbocycles. The summed E-state index contributed by atoms with van der Waals surface area (Å²) in [5.74, 6) is -1.28. The summed E-state index contributed by atoms with van der Waals surface area (Å²) >= 11 is 0. The average molecular weight is 522 g/mol. The summed E-state index contributed by atoms with van der Waals surface area (Å²) in [4.78, 5) is 20.8. The Morgan fingerprint density at radius 2 is 1.49 bits per heavy atom. The number of sulfonamides is 2. The van der Waals surface area contributed by atoms with E-state index in [9.17, 15) is 26.0 Å². The Balaban J connectivity index is 1.76. The number of amides is 1. The van der Waals surface area contributed by atoms with Gasteiger partial charge in [-0.2, -0.15) is 0 Å². The van der Waals surface area contributed by atoms with Crippen LogP contribution in [0.3, 0.4) is 0 Å². The summed E-state index contributed by atoms with van der Waals surface area (Å²) in [6.45, 7) is 4.81. The van der Waals surface area contributed by atoms with E-state index >= 15 is 0 Å². The summed E-state index contributed by atoms with van der Waals surface area (Å²) in [5.41, 5.74) is 1.57. The van der Waals surface area contributed by atoms with Gasteiger partial charge in [0.05, 0.1) is 16.8 Å². The Labute approximate surface area is 203 Å². The third kappa shape index (κ3) is 6.51. The van der Waals surface area contributed by atoms with Crippen molar-refractivity contribution < 1.29 is 26.0 Å². The van der Waals surface area contributed by atoms with E-state index in [2.05, 4.69) is 20.0 Å². The number of halogens is 1. The highest BCUT2D eigenvalue weighted by Crippen LogP contribution is 2.23. The van der Waals surface area contributed by atoms with Crippen LogP contribution in [-0.2, 0) is 24.8 Å². The van der Waals surface area contributed by atoms with Crippen molar-refractivity contribution in [2.45, 2.75) is 31.7 Å². The normalized spacial score (nSPS) is 12.6. The van der Waals surface area contributed by atoms with E-state index in [1.165, 1.54) is 43.3 Å². The number of anilines is 3. The Morgan fingerprint density at radius 1 is 0.943 bits per heavy atom. The van der Waals surface area contributed by atoms with Crippen LogP contribution >= 0.6 is 0 Å². The van der Waals surface area contributed by atoms with Gasteiger partial charge in [0.15, 0.2) is 0 Å². The van der Waals surface area contributed by atoms with Crippen molar-refractivity contribution in [3.63, 3.8) is 0 Å². The zero-order chi connectivity index (χ0) is 26.0. The van der Waals surface area contributed by atoms with Crippen molar-refractivity contribution in [1.82, 2.24) is 9.97 Å². The van der Waals surface area contributed by atoms with Crippen LogP contribution in [0, 0.1) is 19.7 Å². The van der Waals surface area contributed by atoms with E-state index < -0.39 is 37.8 Å². The summed E-state index contributed by atoms with van der Waals surface area (Å²) in [7, 11) is -7.87. The van der Waals surface area contributed by atoms with Crippen LogP contribution < -0.4 is 14.3 Å². The first kappa shape index (κ1) is 26.0. The van der Waals surface area contributed by atoms with Gasteiger partial charge in [-0.25, -0.2) is 35.9 Å². The number of aryl methyl sites for hydroxylation is 2. The molecule has 10 nitrogen and oxygen atoms in total. The van der Waals surface area contributed by atoms with Gasteiger partial charge in [0.1, 0.15) is 11.9 Å². The number of nitrogens with zero attached hydrogens (tertiary/aromatic N) is 3. The zero-order valence-electron chi connectivity index (χ0n) is 19.4. The molecule has 0 saturated heterocycles. The minimum Gasteiger partial charge on any atom is -0.324 e. The van der Waals surface area contributed by atoms with Crippen LogP contribution in [0.2, 0.25) is 0 Å². The molecule has 13 heteroatoms. The number of carbonyl (C=O) groups excluding carboxylic acids is 1. The molecule has 0 radical (unpaired) electrons. The van der Waals surface area contributed by atoms with Crippen LogP contribution in [0.15, 0.2) is 59.5 Å². The predicted octanol–water partition coefficient (Wildman–Crippen LogP) is 2.83. The fraction of sp³-hybridized carbons (Fsp3) is 0.227. The number of aromatic nitrogens is 2. The molecule has 35 heavy (non-hydrogen) atoms. The van der Waals surface area contributed by atoms with Gasteiger partial charge >= 0.3 is 0 Å². The number of hydrogen-bond acceptors (Lipinski definition) is 7. The summed E-state index contributed by atoms with van der Waals surface area (Å²) in [5, 5.41) is 2.56. The first-order chi connectivity index (χ1) is 16.3. The second kappa shape index (κ2) is 9.96. The molecule has 0 spiro atoms. The van der Waals surface area contributed by atoms with Crippen molar-refractivity contribution in [3.05, 3.63) is 71.8 Å². The Kier molecular flexibility index (Phi) is 7.41. The average Bonchev–Trinajstić information content (AvgIpc) is 2.73. The molecule has 0 unspecified atom stereocenters. The molecular formula is C22H24FN5O5S2. The standard InChI is InChI=1S/C22H24FN5O5S2/c1-14-13-15(2)25-22(24-14)27-35(32,33)20-11-7-18(8-12-20)26-21(29)16(3)28(34(4,30)31)19-9-5-17(23)6-10-19/h5-13,16H,1-4H3,(H,26,29)(H,24,25,27)/t16-/m0/s1. The lowest BCUT2D eigenvalue weighted by atomic mass is 10.2. The van der Waals surface area contributed by atoms with E-state index in [0.717, 1.165) is 22.7 Å². The molecule has 0 aliphatic carbocycles. The quantitative estimate of drug-likeness (QED) is 0.465. The predicted molar refractivity (Wildman–Crippen MR) is 131 cm³/mol. The lowest BCUT2D eigenvalue weighted by Gasteiger charge is -2.28. The number of rotatable bonds is 8.